The molecule has 0 saturated carbocycles. The van der Waals surface area contributed by atoms with Crippen LogP contribution in [0, 0.1) is 6.92 Å². The van der Waals surface area contributed by atoms with E-state index in [2.05, 4.69) is 27.1 Å². The molecular formula is C9H13N5S2. The first-order valence-corrected chi connectivity index (χ1v) is 6.50. The minimum absolute atomic E-state index is 0.525. The van der Waals surface area contributed by atoms with E-state index in [4.69, 9.17) is 5.73 Å². The van der Waals surface area contributed by atoms with Gasteiger partial charge in [0.1, 0.15) is 5.01 Å². The van der Waals surface area contributed by atoms with Crippen molar-refractivity contribution >= 4 is 27.8 Å². The predicted molar refractivity (Wildman–Crippen MR) is 66.3 cm³/mol. The summed E-state index contributed by atoms with van der Waals surface area (Å²) >= 11 is 3.12. The van der Waals surface area contributed by atoms with E-state index < -0.39 is 0 Å². The Balaban J connectivity index is 1.94. The van der Waals surface area contributed by atoms with Gasteiger partial charge in [0, 0.05) is 11.4 Å². The highest BCUT2D eigenvalue weighted by Gasteiger charge is 2.08. The Morgan fingerprint density at radius 2 is 2.19 bits per heavy atom. The topological polar surface area (TPSA) is 67.9 Å². The van der Waals surface area contributed by atoms with Crippen molar-refractivity contribution in [3.05, 3.63) is 21.1 Å². The fourth-order valence-corrected chi connectivity index (χ4v) is 2.89. The normalized spacial score (nSPS) is 11.2. The molecule has 0 fully saturated rings. The van der Waals surface area contributed by atoms with Crippen LogP contribution in [0.4, 0.5) is 5.13 Å². The zero-order chi connectivity index (χ0) is 11.5. The first kappa shape index (κ1) is 11.4. The maximum Gasteiger partial charge on any atom is 0.203 e. The Morgan fingerprint density at radius 1 is 1.38 bits per heavy atom. The van der Waals surface area contributed by atoms with Crippen LogP contribution in [0.5, 0.6) is 0 Å². The lowest BCUT2D eigenvalue weighted by molar-refractivity contribution is 0.319. The van der Waals surface area contributed by atoms with Gasteiger partial charge in [0.2, 0.25) is 5.13 Å². The van der Waals surface area contributed by atoms with Gasteiger partial charge in [-0.2, -0.15) is 0 Å². The van der Waals surface area contributed by atoms with Gasteiger partial charge in [0.25, 0.3) is 0 Å². The fraction of sp³-hybridized carbons (Fsp3) is 0.444. The van der Waals surface area contributed by atoms with Crippen LogP contribution in [0.25, 0.3) is 0 Å². The molecular weight excluding hydrogens is 242 g/mol. The summed E-state index contributed by atoms with van der Waals surface area (Å²) in [4.78, 5) is 7.70. The summed E-state index contributed by atoms with van der Waals surface area (Å²) in [7, 11) is 2.05. The van der Waals surface area contributed by atoms with Crippen molar-refractivity contribution in [2.45, 2.75) is 20.0 Å². The van der Waals surface area contributed by atoms with E-state index >= 15 is 0 Å². The van der Waals surface area contributed by atoms with Gasteiger partial charge in [0.05, 0.1) is 17.7 Å². The number of nitrogen functional groups attached to an aromatic ring is 1. The van der Waals surface area contributed by atoms with Crippen LogP contribution < -0.4 is 5.73 Å². The number of hydrogen-bond donors (Lipinski definition) is 1. The molecule has 0 bridgehead atoms. The highest BCUT2D eigenvalue weighted by atomic mass is 32.1. The van der Waals surface area contributed by atoms with Crippen LogP contribution in [0.2, 0.25) is 0 Å². The molecule has 5 nitrogen and oxygen atoms in total. The molecule has 0 aliphatic heterocycles. The van der Waals surface area contributed by atoms with Gasteiger partial charge >= 0.3 is 0 Å². The predicted octanol–water partition coefficient (Wildman–Crippen LogP) is 1.52. The molecule has 7 heteroatoms. The monoisotopic (exact) mass is 255 g/mol. The molecule has 86 valence electrons. The molecule has 16 heavy (non-hydrogen) atoms. The Labute approximate surface area is 102 Å². The molecule has 0 unspecified atom stereocenters. The van der Waals surface area contributed by atoms with Gasteiger partial charge in [-0.15, -0.1) is 21.5 Å². The Bertz CT molecular complexity index is 464. The van der Waals surface area contributed by atoms with E-state index in [0.29, 0.717) is 5.13 Å². The number of nitrogens with zero attached hydrogens (tertiary/aromatic N) is 4. The number of nitrogens with two attached hydrogens (primary N) is 1. The van der Waals surface area contributed by atoms with Crippen molar-refractivity contribution < 1.29 is 0 Å². The Kier molecular flexibility index (Phi) is 3.47. The van der Waals surface area contributed by atoms with E-state index in [1.807, 2.05) is 12.4 Å². The van der Waals surface area contributed by atoms with Crippen LogP contribution in [0.15, 0.2) is 5.51 Å². The van der Waals surface area contributed by atoms with Crippen molar-refractivity contribution in [2.75, 3.05) is 12.8 Å². The van der Waals surface area contributed by atoms with E-state index in [0.717, 1.165) is 23.8 Å². The lowest BCUT2D eigenvalue weighted by Crippen LogP contribution is -2.16. The zero-order valence-electron chi connectivity index (χ0n) is 9.17. The van der Waals surface area contributed by atoms with Crippen molar-refractivity contribution in [1.82, 2.24) is 20.1 Å². The molecule has 2 aromatic heterocycles. The van der Waals surface area contributed by atoms with Crippen LogP contribution in [-0.2, 0) is 13.1 Å². The number of hydrogen-bond acceptors (Lipinski definition) is 7. The minimum atomic E-state index is 0.525. The summed E-state index contributed by atoms with van der Waals surface area (Å²) in [6.45, 7) is 3.69. The Hall–Kier alpha value is -1.05. The highest BCUT2D eigenvalue weighted by Crippen LogP contribution is 2.17. The lowest BCUT2D eigenvalue weighted by Gasteiger charge is -2.13. The van der Waals surface area contributed by atoms with Gasteiger partial charge in [-0.3, -0.25) is 4.90 Å². The summed E-state index contributed by atoms with van der Waals surface area (Å²) in [6.07, 6.45) is 0. The van der Waals surface area contributed by atoms with Gasteiger partial charge in [-0.1, -0.05) is 11.3 Å². The number of anilines is 1. The maximum atomic E-state index is 5.53. The average Bonchev–Trinajstić information content (AvgIpc) is 2.77. The van der Waals surface area contributed by atoms with E-state index in [1.165, 1.54) is 16.2 Å². The summed E-state index contributed by atoms with van der Waals surface area (Å²) in [5.41, 5.74) is 8.51. The number of aromatic nitrogens is 3. The molecule has 0 atom stereocenters. The molecule has 2 aromatic rings. The van der Waals surface area contributed by atoms with Crippen LogP contribution in [0.1, 0.15) is 15.6 Å². The standard InChI is InChI=1S/C9H13N5S2/c1-6-7(15-5-11-6)3-14(2)4-8-12-13-9(10)16-8/h5H,3-4H2,1-2H3,(H2,10,13). The number of thiazole rings is 1. The van der Waals surface area contributed by atoms with E-state index in [-0.39, 0.29) is 0 Å². The van der Waals surface area contributed by atoms with Crippen molar-refractivity contribution in [2.24, 2.45) is 0 Å². The molecule has 2 heterocycles. The molecule has 0 amide bonds. The maximum absolute atomic E-state index is 5.53. The van der Waals surface area contributed by atoms with Crippen LogP contribution in [0.3, 0.4) is 0 Å². The Morgan fingerprint density at radius 3 is 2.75 bits per heavy atom. The second-order valence-electron chi connectivity index (χ2n) is 3.57. The molecule has 0 aromatic carbocycles. The smallest absolute Gasteiger partial charge is 0.203 e. The third kappa shape index (κ3) is 2.75. The molecule has 0 aliphatic carbocycles. The lowest BCUT2D eigenvalue weighted by atomic mass is 10.4. The first-order chi connectivity index (χ1) is 7.65. The third-order valence-electron chi connectivity index (χ3n) is 2.15. The van der Waals surface area contributed by atoms with Gasteiger partial charge in [-0.25, -0.2) is 4.98 Å². The van der Waals surface area contributed by atoms with Crippen molar-refractivity contribution in [3.8, 4) is 0 Å². The first-order valence-electron chi connectivity index (χ1n) is 4.80. The van der Waals surface area contributed by atoms with Gasteiger partial charge in [-0.05, 0) is 14.0 Å². The molecule has 0 radical (unpaired) electrons. The van der Waals surface area contributed by atoms with Gasteiger partial charge in [0.15, 0.2) is 0 Å². The largest absolute Gasteiger partial charge is 0.374 e. The summed E-state index contributed by atoms with van der Waals surface area (Å²) in [5, 5.41) is 9.26. The SMILES string of the molecule is Cc1ncsc1CN(C)Cc1nnc(N)s1. The van der Waals surface area contributed by atoms with E-state index in [1.54, 1.807) is 11.3 Å². The van der Waals surface area contributed by atoms with Crippen LogP contribution >= 0.6 is 22.7 Å². The van der Waals surface area contributed by atoms with Crippen molar-refractivity contribution in [3.63, 3.8) is 0 Å². The summed E-state index contributed by atoms with van der Waals surface area (Å²) < 4.78 is 0. The molecule has 0 saturated heterocycles. The van der Waals surface area contributed by atoms with E-state index in [9.17, 15) is 0 Å². The van der Waals surface area contributed by atoms with Crippen molar-refractivity contribution in [1.29, 1.82) is 0 Å². The second kappa shape index (κ2) is 4.86. The minimum Gasteiger partial charge on any atom is -0.374 e. The molecule has 0 aliphatic rings. The fourth-order valence-electron chi connectivity index (χ4n) is 1.34. The third-order valence-corrected chi connectivity index (χ3v) is 3.80. The quantitative estimate of drug-likeness (QED) is 0.897. The molecule has 2 N–H and O–H groups in total. The highest BCUT2D eigenvalue weighted by molar-refractivity contribution is 7.15. The van der Waals surface area contributed by atoms with Gasteiger partial charge < -0.3 is 5.73 Å². The number of rotatable bonds is 4. The second-order valence-corrected chi connectivity index (χ2v) is 5.60. The number of aryl methyl sites for hydroxylation is 1. The molecule has 2 rings (SSSR count). The zero-order valence-corrected chi connectivity index (χ0v) is 10.8. The summed E-state index contributed by atoms with van der Waals surface area (Å²) in [5.74, 6) is 0. The van der Waals surface area contributed by atoms with Crippen LogP contribution in [-0.4, -0.2) is 27.1 Å². The summed E-state index contributed by atoms with van der Waals surface area (Å²) in [6, 6.07) is 0. The average molecular weight is 255 g/mol. The molecule has 0 spiro atoms.